The van der Waals surface area contributed by atoms with Crippen LogP contribution < -0.4 is 20.5 Å². The average molecular weight is 379 g/mol. The number of carbonyl (C=O) groups is 1. The minimum atomic E-state index is -0.209. The lowest BCUT2D eigenvalue weighted by molar-refractivity contribution is 0.0952. The summed E-state index contributed by atoms with van der Waals surface area (Å²) in [5.74, 6) is 1.26. The Morgan fingerprint density at radius 1 is 1.29 bits per heavy atom. The summed E-state index contributed by atoms with van der Waals surface area (Å²) in [6.45, 7) is 7.21. The highest BCUT2D eigenvalue weighted by molar-refractivity contribution is 6.32. The number of carbonyl (C=O) groups excluding carboxylic acids is 1. The summed E-state index contributed by atoms with van der Waals surface area (Å²) < 4.78 is 11.0. The Balaban J connectivity index is 0.00000529. The van der Waals surface area contributed by atoms with E-state index >= 15 is 0 Å². The average Bonchev–Trinajstić information content (AvgIpc) is 2.47. The van der Waals surface area contributed by atoms with E-state index in [0.29, 0.717) is 47.6 Å². The van der Waals surface area contributed by atoms with Gasteiger partial charge in [-0.1, -0.05) is 25.4 Å². The highest BCUT2D eigenvalue weighted by atomic mass is 35.5. The Kier molecular flexibility index (Phi) is 10.8. The van der Waals surface area contributed by atoms with Crippen molar-refractivity contribution in [3.63, 3.8) is 0 Å². The van der Waals surface area contributed by atoms with Gasteiger partial charge in [0.1, 0.15) is 0 Å². The number of halogens is 2. The molecule has 24 heavy (non-hydrogen) atoms. The van der Waals surface area contributed by atoms with E-state index in [9.17, 15) is 4.79 Å². The normalized spacial score (nSPS) is 11.6. The number of nitrogens with two attached hydrogens (primary N) is 1. The van der Waals surface area contributed by atoms with Gasteiger partial charge >= 0.3 is 0 Å². The molecule has 1 unspecified atom stereocenters. The Hall–Kier alpha value is -1.17. The number of benzene rings is 1. The molecule has 0 aliphatic heterocycles. The maximum absolute atomic E-state index is 12.2. The third-order valence-electron chi connectivity index (χ3n) is 3.32. The van der Waals surface area contributed by atoms with Gasteiger partial charge in [-0.15, -0.1) is 12.4 Å². The molecule has 0 aromatic heterocycles. The van der Waals surface area contributed by atoms with Crippen molar-refractivity contribution in [3.05, 3.63) is 22.7 Å². The third kappa shape index (κ3) is 7.60. The lowest BCUT2D eigenvalue weighted by atomic mass is 10.1. The topological polar surface area (TPSA) is 73.6 Å². The van der Waals surface area contributed by atoms with Crippen molar-refractivity contribution in [2.75, 3.05) is 20.3 Å². The Morgan fingerprint density at radius 2 is 1.96 bits per heavy atom. The molecule has 1 aromatic rings. The minimum Gasteiger partial charge on any atom is -0.493 e. The van der Waals surface area contributed by atoms with Gasteiger partial charge < -0.3 is 20.5 Å². The molecule has 0 fully saturated rings. The zero-order valence-electron chi connectivity index (χ0n) is 14.7. The first-order valence-electron chi connectivity index (χ1n) is 7.89. The first-order valence-corrected chi connectivity index (χ1v) is 8.27. The van der Waals surface area contributed by atoms with Crippen LogP contribution in [-0.2, 0) is 0 Å². The lowest BCUT2D eigenvalue weighted by Gasteiger charge is -2.15. The number of hydrogen-bond acceptors (Lipinski definition) is 4. The fraction of sp³-hybridized carbons (Fsp3) is 0.588. The van der Waals surface area contributed by atoms with Crippen LogP contribution in [-0.4, -0.2) is 32.2 Å². The summed E-state index contributed by atoms with van der Waals surface area (Å²) in [5, 5.41) is 3.18. The van der Waals surface area contributed by atoms with Crippen LogP contribution >= 0.6 is 24.0 Å². The van der Waals surface area contributed by atoms with Crippen LogP contribution in [0.3, 0.4) is 0 Å². The second-order valence-corrected chi connectivity index (χ2v) is 6.45. The molecule has 0 spiro atoms. The smallest absolute Gasteiger partial charge is 0.251 e. The number of rotatable bonds is 9. The lowest BCUT2D eigenvalue weighted by Crippen LogP contribution is -2.29. The third-order valence-corrected chi connectivity index (χ3v) is 3.60. The molecule has 1 amide bonds. The summed E-state index contributed by atoms with van der Waals surface area (Å²) in [4.78, 5) is 12.2. The minimum absolute atomic E-state index is 0. The van der Waals surface area contributed by atoms with Crippen LogP contribution in [0, 0.1) is 5.92 Å². The highest BCUT2D eigenvalue weighted by Gasteiger charge is 2.16. The van der Waals surface area contributed by atoms with E-state index in [-0.39, 0.29) is 24.4 Å². The number of nitrogens with one attached hydrogen (secondary N) is 1. The van der Waals surface area contributed by atoms with Crippen molar-refractivity contribution >= 4 is 29.9 Å². The summed E-state index contributed by atoms with van der Waals surface area (Å²) in [6, 6.07) is 3.28. The van der Waals surface area contributed by atoms with Crippen LogP contribution in [0.25, 0.3) is 0 Å². The standard InChI is InChI=1S/C17H27ClN2O3.ClH/c1-11(2)6-8-23-16-14(18)9-13(10-15(16)22-4)17(21)20-7-5-12(3)19;/h9-12H,5-8,19H2,1-4H3,(H,20,21);1H. The van der Waals surface area contributed by atoms with Crippen LogP contribution in [0.2, 0.25) is 5.02 Å². The van der Waals surface area contributed by atoms with Crippen molar-refractivity contribution < 1.29 is 14.3 Å². The molecular formula is C17H28Cl2N2O3. The van der Waals surface area contributed by atoms with Gasteiger partial charge in [0.15, 0.2) is 11.5 Å². The van der Waals surface area contributed by atoms with Gasteiger partial charge in [0.2, 0.25) is 0 Å². The van der Waals surface area contributed by atoms with Crippen LogP contribution in [0.1, 0.15) is 44.0 Å². The molecule has 0 heterocycles. The Labute approximate surface area is 155 Å². The SMILES string of the molecule is COc1cc(C(=O)NCCC(C)N)cc(Cl)c1OCCC(C)C.Cl. The molecule has 0 aliphatic rings. The molecular weight excluding hydrogens is 351 g/mol. The molecule has 0 saturated carbocycles. The Morgan fingerprint density at radius 3 is 2.50 bits per heavy atom. The van der Waals surface area contributed by atoms with E-state index in [4.69, 9.17) is 26.8 Å². The Bertz CT molecular complexity index is 523. The van der Waals surface area contributed by atoms with Crippen LogP contribution in [0.15, 0.2) is 12.1 Å². The molecule has 0 aliphatic carbocycles. The highest BCUT2D eigenvalue weighted by Crippen LogP contribution is 2.36. The molecule has 0 radical (unpaired) electrons. The molecule has 7 heteroatoms. The molecule has 0 saturated heterocycles. The number of hydrogen-bond donors (Lipinski definition) is 2. The van der Waals surface area contributed by atoms with Gasteiger partial charge in [0.25, 0.3) is 5.91 Å². The van der Waals surface area contributed by atoms with E-state index in [1.807, 2.05) is 6.92 Å². The van der Waals surface area contributed by atoms with E-state index in [1.165, 1.54) is 7.11 Å². The summed E-state index contributed by atoms with van der Waals surface area (Å²) in [7, 11) is 1.53. The van der Waals surface area contributed by atoms with Crippen molar-refractivity contribution in [2.24, 2.45) is 11.7 Å². The first kappa shape index (κ1) is 22.8. The fourth-order valence-electron chi connectivity index (χ4n) is 1.90. The first-order chi connectivity index (χ1) is 10.8. The molecule has 1 atom stereocenters. The van der Waals surface area contributed by atoms with Gasteiger partial charge in [-0.05, 0) is 37.8 Å². The maximum Gasteiger partial charge on any atom is 0.251 e. The largest absolute Gasteiger partial charge is 0.493 e. The number of ether oxygens (including phenoxy) is 2. The van der Waals surface area contributed by atoms with Crippen molar-refractivity contribution in [1.82, 2.24) is 5.32 Å². The number of amides is 1. The quantitative estimate of drug-likeness (QED) is 0.687. The van der Waals surface area contributed by atoms with Gasteiger partial charge in [0, 0.05) is 18.2 Å². The van der Waals surface area contributed by atoms with Gasteiger partial charge in [-0.2, -0.15) is 0 Å². The summed E-state index contributed by atoms with van der Waals surface area (Å²) in [5.41, 5.74) is 6.10. The second-order valence-electron chi connectivity index (χ2n) is 6.04. The molecule has 5 nitrogen and oxygen atoms in total. The van der Waals surface area contributed by atoms with E-state index in [2.05, 4.69) is 19.2 Å². The number of methoxy groups -OCH3 is 1. The summed E-state index contributed by atoms with van der Waals surface area (Å²) in [6.07, 6.45) is 1.63. The predicted octanol–water partition coefficient (Wildman–Crippen LogP) is 3.66. The fourth-order valence-corrected chi connectivity index (χ4v) is 2.17. The van der Waals surface area contributed by atoms with Crippen molar-refractivity contribution in [2.45, 2.75) is 39.7 Å². The molecule has 1 rings (SSSR count). The van der Waals surface area contributed by atoms with Crippen LogP contribution in [0.5, 0.6) is 11.5 Å². The predicted molar refractivity (Wildman–Crippen MR) is 101 cm³/mol. The zero-order valence-corrected chi connectivity index (χ0v) is 16.3. The van der Waals surface area contributed by atoms with Crippen LogP contribution in [0.4, 0.5) is 0 Å². The zero-order chi connectivity index (χ0) is 17.4. The van der Waals surface area contributed by atoms with E-state index < -0.39 is 0 Å². The molecule has 3 N–H and O–H groups in total. The maximum atomic E-state index is 12.2. The van der Waals surface area contributed by atoms with Gasteiger partial charge in [-0.3, -0.25) is 4.79 Å². The second kappa shape index (κ2) is 11.4. The van der Waals surface area contributed by atoms with E-state index in [1.54, 1.807) is 12.1 Å². The monoisotopic (exact) mass is 378 g/mol. The van der Waals surface area contributed by atoms with Crippen molar-refractivity contribution in [3.8, 4) is 11.5 Å². The molecule has 0 bridgehead atoms. The molecule has 1 aromatic carbocycles. The van der Waals surface area contributed by atoms with E-state index in [0.717, 1.165) is 6.42 Å². The molecule has 138 valence electrons. The summed E-state index contributed by atoms with van der Waals surface area (Å²) >= 11 is 6.25. The van der Waals surface area contributed by atoms with Crippen molar-refractivity contribution in [1.29, 1.82) is 0 Å². The van der Waals surface area contributed by atoms with Gasteiger partial charge in [0.05, 0.1) is 18.7 Å². The van der Waals surface area contributed by atoms with Gasteiger partial charge in [-0.25, -0.2) is 0 Å².